The number of esters is 1. The second-order valence-electron chi connectivity index (χ2n) is 2.95. The van der Waals surface area contributed by atoms with Crippen LogP contribution in [-0.2, 0) is 9.53 Å². The fraction of sp³-hybridized carbons (Fsp3) is 0.167. The summed E-state index contributed by atoms with van der Waals surface area (Å²) in [5, 5.41) is 0. The number of carbonyl (C=O) groups is 1. The van der Waals surface area contributed by atoms with Gasteiger partial charge in [-0.25, -0.2) is 4.79 Å². The van der Waals surface area contributed by atoms with Crippen molar-refractivity contribution in [1.29, 1.82) is 0 Å². The minimum atomic E-state index is -0.344. The van der Waals surface area contributed by atoms with Gasteiger partial charge in [0.05, 0.1) is 6.61 Å². The molecule has 1 aromatic rings. The molecule has 79 valence electrons. The molecule has 0 aliphatic heterocycles. The fourth-order valence-corrected chi connectivity index (χ4v) is 1.25. The standard InChI is InChI=1S/C12H13O2S/c1-2-8-14-12(13)7-6-10-4-3-5-11(15)9-10/h3-7,9,15H,1-2,8H2/b7-6+. The van der Waals surface area contributed by atoms with Gasteiger partial charge in [0.2, 0.25) is 0 Å². The molecule has 1 radical (unpaired) electrons. The van der Waals surface area contributed by atoms with Crippen LogP contribution in [0.1, 0.15) is 12.0 Å². The highest BCUT2D eigenvalue weighted by atomic mass is 32.1. The summed E-state index contributed by atoms with van der Waals surface area (Å²) in [6.45, 7) is 3.93. The van der Waals surface area contributed by atoms with E-state index in [1.54, 1.807) is 6.08 Å². The van der Waals surface area contributed by atoms with Gasteiger partial charge in [-0.1, -0.05) is 12.1 Å². The zero-order valence-electron chi connectivity index (χ0n) is 8.35. The van der Waals surface area contributed by atoms with Gasteiger partial charge < -0.3 is 4.74 Å². The Hall–Kier alpha value is -1.22. The minimum absolute atomic E-state index is 0.344. The third-order valence-corrected chi connectivity index (χ3v) is 1.95. The normalized spacial score (nSPS) is 10.5. The van der Waals surface area contributed by atoms with Crippen molar-refractivity contribution in [2.45, 2.75) is 11.3 Å². The lowest BCUT2D eigenvalue weighted by Crippen LogP contribution is -2.00. The predicted molar refractivity (Wildman–Crippen MR) is 63.7 cm³/mol. The Morgan fingerprint density at radius 3 is 3.00 bits per heavy atom. The summed E-state index contributed by atoms with van der Waals surface area (Å²) in [6, 6.07) is 7.52. The number of benzene rings is 1. The van der Waals surface area contributed by atoms with E-state index in [1.807, 2.05) is 24.3 Å². The molecule has 0 saturated heterocycles. The molecule has 15 heavy (non-hydrogen) atoms. The van der Waals surface area contributed by atoms with Gasteiger partial charge in [0.1, 0.15) is 0 Å². The maximum atomic E-state index is 11.1. The number of thiol groups is 1. The van der Waals surface area contributed by atoms with Crippen LogP contribution in [0, 0.1) is 6.92 Å². The van der Waals surface area contributed by atoms with Crippen molar-refractivity contribution in [3.63, 3.8) is 0 Å². The van der Waals surface area contributed by atoms with E-state index in [-0.39, 0.29) is 5.97 Å². The number of hydrogen-bond acceptors (Lipinski definition) is 3. The summed E-state index contributed by atoms with van der Waals surface area (Å²) in [5.74, 6) is -0.344. The van der Waals surface area contributed by atoms with E-state index in [0.717, 1.165) is 10.5 Å². The maximum Gasteiger partial charge on any atom is 0.330 e. The second kappa shape index (κ2) is 6.30. The molecule has 0 N–H and O–H groups in total. The van der Waals surface area contributed by atoms with Crippen molar-refractivity contribution in [2.24, 2.45) is 0 Å². The lowest BCUT2D eigenvalue weighted by Gasteiger charge is -1.98. The third-order valence-electron chi connectivity index (χ3n) is 1.67. The van der Waals surface area contributed by atoms with E-state index in [1.165, 1.54) is 6.08 Å². The van der Waals surface area contributed by atoms with Gasteiger partial charge in [0.15, 0.2) is 0 Å². The average Bonchev–Trinajstić information content (AvgIpc) is 2.23. The van der Waals surface area contributed by atoms with E-state index in [9.17, 15) is 4.79 Å². The molecule has 0 unspecified atom stereocenters. The molecule has 0 spiro atoms. The van der Waals surface area contributed by atoms with Crippen LogP contribution >= 0.6 is 12.6 Å². The number of ether oxygens (including phenoxy) is 1. The van der Waals surface area contributed by atoms with Gasteiger partial charge in [0, 0.05) is 11.0 Å². The van der Waals surface area contributed by atoms with Crippen molar-refractivity contribution in [2.75, 3.05) is 6.61 Å². The molecular formula is C12H13O2S. The van der Waals surface area contributed by atoms with Gasteiger partial charge in [-0.3, -0.25) is 0 Å². The van der Waals surface area contributed by atoms with Gasteiger partial charge in [-0.15, -0.1) is 12.6 Å². The number of carbonyl (C=O) groups excluding carboxylic acids is 1. The minimum Gasteiger partial charge on any atom is -0.463 e. The largest absolute Gasteiger partial charge is 0.463 e. The first-order valence-electron chi connectivity index (χ1n) is 4.65. The molecule has 3 heteroatoms. The summed E-state index contributed by atoms with van der Waals surface area (Å²) in [7, 11) is 0. The summed E-state index contributed by atoms with van der Waals surface area (Å²) < 4.78 is 4.84. The fourth-order valence-electron chi connectivity index (χ4n) is 1.01. The Bertz CT molecular complexity index is 358. The van der Waals surface area contributed by atoms with Crippen LogP contribution in [0.25, 0.3) is 6.08 Å². The predicted octanol–water partition coefficient (Wildman–Crippen LogP) is 2.76. The first-order valence-corrected chi connectivity index (χ1v) is 5.10. The number of rotatable bonds is 4. The first-order chi connectivity index (χ1) is 7.22. The van der Waals surface area contributed by atoms with Crippen LogP contribution in [0.5, 0.6) is 0 Å². The molecule has 1 aromatic carbocycles. The van der Waals surface area contributed by atoms with Crippen LogP contribution in [0.2, 0.25) is 0 Å². The molecule has 0 heterocycles. The lowest BCUT2D eigenvalue weighted by atomic mass is 10.2. The Kier molecular flexibility index (Phi) is 4.98. The van der Waals surface area contributed by atoms with Crippen LogP contribution in [-0.4, -0.2) is 12.6 Å². The van der Waals surface area contributed by atoms with E-state index < -0.39 is 0 Å². The van der Waals surface area contributed by atoms with Gasteiger partial charge in [-0.05, 0) is 37.1 Å². The van der Waals surface area contributed by atoms with Crippen molar-refractivity contribution in [3.8, 4) is 0 Å². The topological polar surface area (TPSA) is 26.3 Å². The lowest BCUT2D eigenvalue weighted by molar-refractivity contribution is -0.137. The molecule has 0 atom stereocenters. The molecule has 0 bridgehead atoms. The SMILES string of the molecule is [CH2]CCOC(=O)/C=C/c1cccc(S)c1. The monoisotopic (exact) mass is 221 g/mol. The van der Waals surface area contributed by atoms with Crippen molar-refractivity contribution < 1.29 is 9.53 Å². The van der Waals surface area contributed by atoms with E-state index in [2.05, 4.69) is 19.6 Å². The first kappa shape index (κ1) is 11.9. The Balaban J connectivity index is 2.53. The van der Waals surface area contributed by atoms with Gasteiger partial charge in [0.25, 0.3) is 0 Å². The zero-order chi connectivity index (χ0) is 11.1. The van der Waals surface area contributed by atoms with E-state index in [4.69, 9.17) is 4.74 Å². The summed E-state index contributed by atoms with van der Waals surface area (Å²) in [5.41, 5.74) is 0.925. The second-order valence-corrected chi connectivity index (χ2v) is 3.47. The smallest absolute Gasteiger partial charge is 0.330 e. The van der Waals surface area contributed by atoms with Crippen molar-refractivity contribution in [1.82, 2.24) is 0 Å². The molecule has 0 amide bonds. The van der Waals surface area contributed by atoms with Crippen LogP contribution in [0.3, 0.4) is 0 Å². The van der Waals surface area contributed by atoms with Gasteiger partial charge in [-0.2, -0.15) is 0 Å². The molecular weight excluding hydrogens is 208 g/mol. The summed E-state index contributed by atoms with van der Waals surface area (Å²) in [4.78, 5) is 12.0. The van der Waals surface area contributed by atoms with E-state index in [0.29, 0.717) is 13.0 Å². The van der Waals surface area contributed by atoms with Crippen molar-refractivity contribution in [3.05, 3.63) is 42.8 Å². The summed E-state index contributed by atoms with van der Waals surface area (Å²) >= 11 is 4.20. The Morgan fingerprint density at radius 1 is 1.53 bits per heavy atom. The zero-order valence-corrected chi connectivity index (χ0v) is 9.24. The van der Waals surface area contributed by atoms with Crippen LogP contribution in [0.4, 0.5) is 0 Å². The van der Waals surface area contributed by atoms with Crippen LogP contribution < -0.4 is 0 Å². The quantitative estimate of drug-likeness (QED) is 0.480. The molecule has 0 saturated carbocycles. The summed E-state index contributed by atoms with van der Waals surface area (Å²) in [6.07, 6.45) is 3.69. The van der Waals surface area contributed by atoms with E-state index >= 15 is 0 Å². The molecule has 0 aliphatic carbocycles. The third kappa shape index (κ3) is 4.70. The average molecular weight is 221 g/mol. The Labute approximate surface area is 95.4 Å². The van der Waals surface area contributed by atoms with Crippen molar-refractivity contribution >= 4 is 24.7 Å². The van der Waals surface area contributed by atoms with Crippen LogP contribution in [0.15, 0.2) is 35.2 Å². The highest BCUT2D eigenvalue weighted by Crippen LogP contribution is 2.10. The number of hydrogen-bond donors (Lipinski definition) is 1. The molecule has 0 fully saturated rings. The highest BCUT2D eigenvalue weighted by molar-refractivity contribution is 7.80. The Morgan fingerprint density at radius 2 is 2.33 bits per heavy atom. The molecule has 1 rings (SSSR count). The molecule has 2 nitrogen and oxygen atoms in total. The van der Waals surface area contributed by atoms with Gasteiger partial charge >= 0.3 is 5.97 Å². The molecule has 0 aromatic heterocycles. The highest BCUT2D eigenvalue weighted by Gasteiger charge is 1.95. The maximum absolute atomic E-state index is 11.1. The molecule has 0 aliphatic rings.